The lowest BCUT2D eigenvalue weighted by molar-refractivity contribution is -0.132. The van der Waals surface area contributed by atoms with Crippen LogP contribution in [0.2, 0.25) is 0 Å². The van der Waals surface area contributed by atoms with Gasteiger partial charge in [0, 0.05) is 31.4 Å². The first-order valence-electron chi connectivity index (χ1n) is 8.22. The topological polar surface area (TPSA) is 45.2 Å². The molecular weight excluding hydrogens is 262 g/mol. The number of hydrogen-bond acceptors (Lipinski definition) is 3. The molecule has 1 aliphatic heterocycles. The molecule has 2 heterocycles. The van der Waals surface area contributed by atoms with E-state index in [9.17, 15) is 4.79 Å². The van der Waals surface area contributed by atoms with Gasteiger partial charge in [-0.25, -0.2) is 0 Å². The highest BCUT2D eigenvalue weighted by Gasteiger charge is 2.32. The molecule has 0 spiro atoms. The first kappa shape index (κ1) is 14.5. The number of carbonyl (C=O) groups is 1. The average molecular weight is 287 g/mol. The van der Waals surface area contributed by atoms with Crippen LogP contribution in [0, 0.1) is 5.92 Å². The summed E-state index contributed by atoms with van der Waals surface area (Å²) < 4.78 is 0. The van der Waals surface area contributed by atoms with E-state index >= 15 is 0 Å². The number of aromatic nitrogens is 1. The van der Waals surface area contributed by atoms with E-state index in [1.165, 1.54) is 31.2 Å². The molecule has 2 fully saturated rings. The summed E-state index contributed by atoms with van der Waals surface area (Å²) in [5.41, 5.74) is 1.18. The van der Waals surface area contributed by atoms with Crippen LogP contribution in [0.25, 0.3) is 0 Å². The molecule has 1 N–H and O–H groups in total. The molecule has 114 valence electrons. The molecule has 21 heavy (non-hydrogen) atoms. The molecule has 1 amide bonds. The lowest BCUT2D eigenvalue weighted by atomic mass is 9.94. The Bertz CT molecular complexity index is 452. The molecule has 4 nitrogen and oxygen atoms in total. The molecule has 0 radical (unpaired) electrons. The molecule has 2 aliphatic rings. The van der Waals surface area contributed by atoms with Crippen molar-refractivity contribution in [2.24, 2.45) is 5.92 Å². The quantitative estimate of drug-likeness (QED) is 0.873. The second-order valence-electron chi connectivity index (χ2n) is 6.36. The molecule has 0 bridgehead atoms. The van der Waals surface area contributed by atoms with E-state index in [1.807, 2.05) is 12.1 Å². The van der Waals surface area contributed by atoms with Crippen molar-refractivity contribution in [3.8, 4) is 0 Å². The second-order valence-corrected chi connectivity index (χ2v) is 6.36. The summed E-state index contributed by atoms with van der Waals surface area (Å²) in [6.45, 7) is 2.97. The van der Waals surface area contributed by atoms with Gasteiger partial charge < -0.3 is 10.2 Å². The predicted molar refractivity (Wildman–Crippen MR) is 82.6 cm³/mol. The summed E-state index contributed by atoms with van der Waals surface area (Å²) in [6, 6.07) is 4.50. The molecule has 1 aliphatic carbocycles. The Morgan fingerprint density at radius 1 is 1.29 bits per heavy atom. The molecule has 1 saturated carbocycles. The number of carbonyl (C=O) groups excluding carboxylic acids is 1. The van der Waals surface area contributed by atoms with E-state index < -0.39 is 0 Å². The molecule has 3 rings (SSSR count). The highest BCUT2D eigenvalue weighted by atomic mass is 16.2. The van der Waals surface area contributed by atoms with Gasteiger partial charge in [0.2, 0.25) is 5.91 Å². The third-order valence-corrected chi connectivity index (χ3v) is 4.58. The smallest absolute Gasteiger partial charge is 0.223 e. The zero-order valence-electron chi connectivity index (χ0n) is 12.6. The van der Waals surface area contributed by atoms with Gasteiger partial charge in [-0.3, -0.25) is 9.78 Å². The standard InChI is InChI=1S/C17H25N3O/c21-17(6-3-14-2-1-9-19-12-14)20(16-4-5-16)13-15-7-10-18-11-8-15/h7-8,10-11,14,16,19H,1-6,9,12-13H2. The van der Waals surface area contributed by atoms with Gasteiger partial charge in [0.05, 0.1) is 0 Å². The van der Waals surface area contributed by atoms with Crippen LogP contribution in [0.1, 0.15) is 44.1 Å². The molecule has 1 atom stereocenters. The molecule has 4 heteroatoms. The number of nitrogens with zero attached hydrogens (tertiary/aromatic N) is 2. The Morgan fingerprint density at radius 3 is 2.76 bits per heavy atom. The van der Waals surface area contributed by atoms with Crippen LogP contribution in [-0.4, -0.2) is 34.9 Å². The van der Waals surface area contributed by atoms with Crippen molar-refractivity contribution in [2.75, 3.05) is 13.1 Å². The number of piperidine rings is 1. The van der Waals surface area contributed by atoms with Crippen molar-refractivity contribution in [1.82, 2.24) is 15.2 Å². The van der Waals surface area contributed by atoms with Crippen molar-refractivity contribution in [3.63, 3.8) is 0 Å². The highest BCUT2D eigenvalue weighted by Crippen LogP contribution is 2.29. The lowest BCUT2D eigenvalue weighted by Gasteiger charge is -2.26. The van der Waals surface area contributed by atoms with Crippen LogP contribution in [0.4, 0.5) is 0 Å². The third kappa shape index (κ3) is 4.27. The van der Waals surface area contributed by atoms with Crippen LogP contribution in [0.15, 0.2) is 24.5 Å². The van der Waals surface area contributed by atoms with Gasteiger partial charge in [-0.05, 0) is 68.8 Å². The summed E-state index contributed by atoms with van der Waals surface area (Å²) in [5.74, 6) is 1.02. The van der Waals surface area contributed by atoms with Crippen molar-refractivity contribution in [2.45, 2.75) is 51.1 Å². The fourth-order valence-electron chi connectivity index (χ4n) is 3.13. The molecule has 1 saturated heterocycles. The van der Waals surface area contributed by atoms with Gasteiger partial charge in [-0.1, -0.05) is 0 Å². The Morgan fingerprint density at radius 2 is 2.10 bits per heavy atom. The largest absolute Gasteiger partial charge is 0.335 e. The van der Waals surface area contributed by atoms with Gasteiger partial charge in [0.15, 0.2) is 0 Å². The first-order valence-corrected chi connectivity index (χ1v) is 8.22. The Balaban J connectivity index is 1.52. The maximum atomic E-state index is 12.6. The average Bonchev–Trinajstić information content (AvgIpc) is 3.37. The fourth-order valence-corrected chi connectivity index (χ4v) is 3.13. The van der Waals surface area contributed by atoms with E-state index in [0.717, 1.165) is 26.1 Å². The number of pyridine rings is 1. The molecule has 1 aromatic heterocycles. The minimum atomic E-state index is 0.333. The summed E-state index contributed by atoms with van der Waals surface area (Å²) in [4.78, 5) is 18.7. The predicted octanol–water partition coefficient (Wildman–Crippen LogP) is 2.35. The van der Waals surface area contributed by atoms with Crippen LogP contribution < -0.4 is 5.32 Å². The normalized spacial score (nSPS) is 22.0. The monoisotopic (exact) mass is 287 g/mol. The third-order valence-electron chi connectivity index (χ3n) is 4.58. The molecular formula is C17H25N3O. The van der Waals surface area contributed by atoms with Crippen molar-refractivity contribution >= 4 is 5.91 Å². The summed E-state index contributed by atoms with van der Waals surface area (Å²) in [5, 5.41) is 3.43. The molecule has 1 unspecified atom stereocenters. The van der Waals surface area contributed by atoms with Crippen LogP contribution in [0.3, 0.4) is 0 Å². The maximum Gasteiger partial charge on any atom is 0.223 e. The van der Waals surface area contributed by atoms with Gasteiger partial charge in [0.25, 0.3) is 0 Å². The van der Waals surface area contributed by atoms with Crippen LogP contribution >= 0.6 is 0 Å². The zero-order chi connectivity index (χ0) is 14.5. The maximum absolute atomic E-state index is 12.6. The van der Waals surface area contributed by atoms with E-state index in [0.29, 0.717) is 24.3 Å². The molecule has 1 aromatic rings. The fraction of sp³-hybridized carbons (Fsp3) is 0.647. The summed E-state index contributed by atoms with van der Waals surface area (Å²) in [6.07, 6.45) is 10.2. The SMILES string of the molecule is O=C(CCC1CCCNC1)N(Cc1ccncc1)C1CC1. The second kappa shape index (κ2) is 7.03. The van der Waals surface area contributed by atoms with Crippen molar-refractivity contribution in [1.29, 1.82) is 0 Å². The van der Waals surface area contributed by atoms with E-state index in [1.54, 1.807) is 12.4 Å². The zero-order valence-corrected chi connectivity index (χ0v) is 12.6. The first-order chi connectivity index (χ1) is 10.3. The lowest BCUT2D eigenvalue weighted by Crippen LogP contribution is -2.34. The minimum Gasteiger partial charge on any atom is -0.335 e. The van der Waals surface area contributed by atoms with Gasteiger partial charge in [0.1, 0.15) is 0 Å². The highest BCUT2D eigenvalue weighted by molar-refractivity contribution is 5.76. The van der Waals surface area contributed by atoms with Crippen LogP contribution in [-0.2, 0) is 11.3 Å². The van der Waals surface area contributed by atoms with Crippen LogP contribution in [0.5, 0.6) is 0 Å². The Labute approximate surface area is 126 Å². The van der Waals surface area contributed by atoms with E-state index in [4.69, 9.17) is 0 Å². The Kier molecular flexibility index (Phi) is 4.86. The Hall–Kier alpha value is -1.42. The number of amides is 1. The minimum absolute atomic E-state index is 0.333. The summed E-state index contributed by atoms with van der Waals surface area (Å²) in [7, 11) is 0. The van der Waals surface area contributed by atoms with E-state index in [-0.39, 0.29) is 0 Å². The van der Waals surface area contributed by atoms with Gasteiger partial charge >= 0.3 is 0 Å². The molecule has 0 aromatic carbocycles. The van der Waals surface area contributed by atoms with Crippen molar-refractivity contribution in [3.05, 3.63) is 30.1 Å². The van der Waals surface area contributed by atoms with E-state index in [2.05, 4.69) is 15.2 Å². The summed E-state index contributed by atoms with van der Waals surface area (Å²) >= 11 is 0. The number of nitrogens with one attached hydrogen (secondary N) is 1. The number of hydrogen-bond donors (Lipinski definition) is 1. The number of rotatable bonds is 6. The van der Waals surface area contributed by atoms with Crippen molar-refractivity contribution < 1.29 is 4.79 Å². The van der Waals surface area contributed by atoms with Gasteiger partial charge in [-0.2, -0.15) is 0 Å². The van der Waals surface area contributed by atoms with Gasteiger partial charge in [-0.15, -0.1) is 0 Å².